The second-order valence-electron chi connectivity index (χ2n) is 10.2. The van der Waals surface area contributed by atoms with Crippen LogP contribution in [0.15, 0.2) is 9.98 Å². The Bertz CT molecular complexity index is 566. The van der Waals surface area contributed by atoms with Crippen LogP contribution in [0.3, 0.4) is 0 Å². The zero-order valence-corrected chi connectivity index (χ0v) is 21.5. The first-order valence-electron chi connectivity index (χ1n) is 10.7. The number of hydrogen-bond donors (Lipinski definition) is 0. The molecule has 0 atom stereocenters. The van der Waals surface area contributed by atoms with E-state index in [1.54, 1.807) is 0 Å². The van der Waals surface area contributed by atoms with Crippen molar-refractivity contribution >= 4 is 33.6 Å². The maximum Gasteiger partial charge on any atom is 0.109 e. The molecule has 0 fully saturated rings. The first kappa shape index (κ1) is 24.2. The van der Waals surface area contributed by atoms with Gasteiger partial charge in [-0.2, -0.15) is 0 Å². The molecule has 0 radical (unpaired) electrons. The van der Waals surface area contributed by atoms with Gasteiger partial charge in [0, 0.05) is 0 Å². The molecule has 0 aromatic carbocycles. The van der Waals surface area contributed by atoms with Gasteiger partial charge < -0.3 is 0 Å². The van der Waals surface area contributed by atoms with E-state index in [9.17, 15) is 0 Å². The topological polar surface area (TPSA) is 31.2 Å². The van der Waals surface area contributed by atoms with Crippen molar-refractivity contribution < 1.29 is 0 Å². The Morgan fingerprint density at radius 2 is 0.929 bits per heavy atom. The molecule has 0 aromatic rings. The summed E-state index contributed by atoms with van der Waals surface area (Å²) in [6.45, 7) is 18.0. The Balaban J connectivity index is 1.64. The lowest BCUT2D eigenvalue weighted by molar-refractivity contribution is 0.121. The molecule has 0 saturated carbocycles. The molecule has 0 aliphatic carbocycles. The van der Waals surface area contributed by atoms with E-state index in [2.05, 4.69) is 79.3 Å². The van der Waals surface area contributed by atoms with Gasteiger partial charge in [-0.1, -0.05) is 12.8 Å². The molecular weight excluding hydrogens is 384 g/mol. The van der Waals surface area contributed by atoms with Crippen LogP contribution in [-0.4, -0.2) is 67.9 Å². The van der Waals surface area contributed by atoms with Crippen LogP contribution in [0.2, 0.25) is 0 Å². The maximum absolute atomic E-state index is 4.96. The third-order valence-corrected chi connectivity index (χ3v) is 9.35. The molecule has 0 spiro atoms. The van der Waals surface area contributed by atoms with Crippen LogP contribution in [0.4, 0.5) is 0 Å². The molecule has 6 heteroatoms. The van der Waals surface area contributed by atoms with Gasteiger partial charge in [-0.25, -0.2) is 0 Å². The number of thioether (sulfide) groups is 2. The molecule has 0 unspecified atom stereocenters. The van der Waals surface area contributed by atoms with Crippen molar-refractivity contribution in [3.63, 3.8) is 0 Å². The van der Waals surface area contributed by atoms with Gasteiger partial charge in [-0.15, -0.1) is 23.5 Å². The Morgan fingerprint density at radius 3 is 1.18 bits per heavy atom. The summed E-state index contributed by atoms with van der Waals surface area (Å²) in [7, 11) is 4.37. The van der Waals surface area contributed by atoms with Crippen LogP contribution in [0.25, 0.3) is 0 Å². The zero-order chi connectivity index (χ0) is 21.4. The van der Waals surface area contributed by atoms with Crippen molar-refractivity contribution in [1.82, 2.24) is 9.80 Å². The highest BCUT2D eigenvalue weighted by molar-refractivity contribution is 8.14. The van der Waals surface area contributed by atoms with Gasteiger partial charge in [0.05, 0.1) is 21.2 Å². The predicted octanol–water partition coefficient (Wildman–Crippen LogP) is 5.73. The van der Waals surface area contributed by atoms with Crippen LogP contribution < -0.4 is 0 Å². The average molecular weight is 427 g/mol. The molecule has 0 aromatic heterocycles. The number of aliphatic imine (C=N–C) groups is 2. The van der Waals surface area contributed by atoms with Crippen molar-refractivity contribution in [3.05, 3.63) is 0 Å². The van der Waals surface area contributed by atoms with E-state index >= 15 is 0 Å². The number of unbranched alkanes of at least 4 members (excludes halogenated alkanes) is 3. The largest absolute Gasteiger partial charge is 0.272 e. The Kier molecular flexibility index (Phi) is 7.44. The second-order valence-corrected chi connectivity index (χ2v) is 12.3. The van der Waals surface area contributed by atoms with E-state index < -0.39 is 0 Å². The minimum Gasteiger partial charge on any atom is -0.272 e. The van der Waals surface area contributed by atoms with Crippen molar-refractivity contribution in [3.8, 4) is 0 Å². The molecule has 28 heavy (non-hydrogen) atoms. The normalized spacial score (nSPS) is 25.8. The molecule has 4 nitrogen and oxygen atoms in total. The highest BCUT2D eigenvalue weighted by atomic mass is 32.2. The summed E-state index contributed by atoms with van der Waals surface area (Å²) in [6.07, 6.45) is 5.16. The minimum atomic E-state index is -0.0809. The third kappa shape index (κ3) is 4.98. The molecule has 162 valence electrons. The summed E-state index contributed by atoms with van der Waals surface area (Å²) >= 11 is 3.92. The van der Waals surface area contributed by atoms with E-state index in [0.717, 1.165) is 0 Å². The first-order valence-corrected chi connectivity index (χ1v) is 12.6. The van der Waals surface area contributed by atoms with Gasteiger partial charge >= 0.3 is 0 Å². The zero-order valence-electron chi connectivity index (χ0n) is 19.8. The molecular formula is C22H42N4S2. The van der Waals surface area contributed by atoms with Crippen LogP contribution in [0.5, 0.6) is 0 Å². The lowest BCUT2D eigenvalue weighted by Crippen LogP contribution is -2.48. The molecule has 0 amide bonds. The smallest absolute Gasteiger partial charge is 0.109 e. The highest BCUT2D eigenvalue weighted by Crippen LogP contribution is 2.38. The van der Waals surface area contributed by atoms with Crippen molar-refractivity contribution in [1.29, 1.82) is 0 Å². The fraction of sp³-hybridized carbons (Fsp3) is 0.909. The number of rotatable bonds is 7. The van der Waals surface area contributed by atoms with Crippen LogP contribution in [0, 0.1) is 0 Å². The standard InChI is InChI=1S/C22H42N4S2/c1-19(2)17(23-21(5,6)25(19)9)27-15-13-11-12-14-16-28-18-20(3,4)26(10)22(7,8)24-18/h11-16H2,1-10H3. The lowest BCUT2D eigenvalue weighted by atomic mass is 10.0. The monoisotopic (exact) mass is 426 g/mol. The van der Waals surface area contributed by atoms with Crippen LogP contribution in [0.1, 0.15) is 81.1 Å². The third-order valence-electron chi connectivity index (χ3n) is 6.63. The Labute approximate surface area is 182 Å². The second kappa shape index (κ2) is 8.60. The van der Waals surface area contributed by atoms with Crippen molar-refractivity contribution in [2.75, 3.05) is 25.6 Å². The fourth-order valence-corrected chi connectivity index (χ4v) is 6.53. The molecule has 2 rings (SSSR count). The SMILES string of the molecule is CN1C(C)(C)N=C(SCCCCCCSC2=NC(C)(C)N(C)C2(C)C)C1(C)C. The van der Waals surface area contributed by atoms with Crippen LogP contribution in [-0.2, 0) is 0 Å². The molecule has 0 N–H and O–H groups in total. The van der Waals surface area contributed by atoms with E-state index in [1.165, 1.54) is 47.3 Å². The maximum atomic E-state index is 4.96. The van der Waals surface area contributed by atoms with Gasteiger partial charge in [-0.05, 0) is 93.8 Å². The molecule has 2 aliphatic rings. The summed E-state index contributed by atoms with van der Waals surface area (Å²) in [5.41, 5.74) is -0.0496. The van der Waals surface area contributed by atoms with Gasteiger partial charge in [0.2, 0.25) is 0 Å². The summed E-state index contributed by atoms with van der Waals surface area (Å²) in [6, 6.07) is 0. The molecule has 2 aliphatic heterocycles. The van der Waals surface area contributed by atoms with Gasteiger partial charge in [0.15, 0.2) is 0 Å². The van der Waals surface area contributed by atoms with Gasteiger partial charge in [-0.3, -0.25) is 19.8 Å². The summed E-state index contributed by atoms with van der Waals surface area (Å²) in [5.74, 6) is 2.36. The Morgan fingerprint density at radius 1 is 0.607 bits per heavy atom. The molecule has 2 heterocycles. The highest BCUT2D eigenvalue weighted by Gasteiger charge is 2.45. The quantitative estimate of drug-likeness (QED) is 0.486. The van der Waals surface area contributed by atoms with E-state index in [1.807, 2.05) is 23.5 Å². The van der Waals surface area contributed by atoms with Crippen molar-refractivity contribution in [2.45, 2.75) is 103 Å². The van der Waals surface area contributed by atoms with E-state index in [-0.39, 0.29) is 22.4 Å². The number of nitrogens with zero attached hydrogens (tertiary/aromatic N) is 4. The average Bonchev–Trinajstić information content (AvgIpc) is 2.84. The summed E-state index contributed by atoms with van der Waals surface area (Å²) in [4.78, 5) is 14.7. The van der Waals surface area contributed by atoms with E-state index in [4.69, 9.17) is 9.98 Å². The summed E-state index contributed by atoms with van der Waals surface area (Å²) in [5, 5.41) is 2.59. The van der Waals surface area contributed by atoms with Crippen LogP contribution >= 0.6 is 23.5 Å². The fourth-order valence-electron chi connectivity index (χ4n) is 3.89. The molecule has 0 bridgehead atoms. The lowest BCUT2D eigenvalue weighted by Gasteiger charge is -2.36. The first-order chi connectivity index (χ1) is 12.7. The minimum absolute atomic E-state index is 0.0561. The van der Waals surface area contributed by atoms with Crippen molar-refractivity contribution in [2.24, 2.45) is 9.98 Å². The summed E-state index contributed by atoms with van der Waals surface area (Å²) < 4.78 is 0. The Hall–Kier alpha value is -0.0400. The number of hydrogen-bond acceptors (Lipinski definition) is 6. The molecule has 0 saturated heterocycles. The predicted molar refractivity (Wildman–Crippen MR) is 130 cm³/mol. The van der Waals surface area contributed by atoms with E-state index in [0.29, 0.717) is 0 Å². The van der Waals surface area contributed by atoms with Gasteiger partial charge in [0.25, 0.3) is 0 Å². The van der Waals surface area contributed by atoms with Gasteiger partial charge in [0.1, 0.15) is 11.3 Å².